The van der Waals surface area contributed by atoms with Crippen LogP contribution in [0.4, 0.5) is 10.1 Å². The third-order valence-corrected chi connectivity index (χ3v) is 6.72. The molecule has 0 aliphatic heterocycles. The molecule has 0 bridgehead atoms. The minimum atomic E-state index is -3.88. The number of benzene rings is 3. The molecule has 0 radical (unpaired) electrons. The van der Waals surface area contributed by atoms with Crippen molar-refractivity contribution < 1.29 is 17.5 Å². The van der Waals surface area contributed by atoms with Gasteiger partial charge in [-0.2, -0.15) is 0 Å². The van der Waals surface area contributed by atoms with E-state index in [1.54, 1.807) is 57.4 Å². The molecule has 0 fully saturated rings. The summed E-state index contributed by atoms with van der Waals surface area (Å²) in [7, 11) is -2.31. The number of aryl methyl sites for hydroxylation is 1. The van der Waals surface area contributed by atoms with E-state index in [2.05, 4.69) is 0 Å². The van der Waals surface area contributed by atoms with Gasteiger partial charge in [-0.1, -0.05) is 30.3 Å². The van der Waals surface area contributed by atoms with Gasteiger partial charge < -0.3 is 4.74 Å². The first-order valence-corrected chi connectivity index (χ1v) is 10.3. The molecular weight excluding hydrogens is 377 g/mol. The predicted molar refractivity (Wildman–Crippen MR) is 109 cm³/mol. The summed E-state index contributed by atoms with van der Waals surface area (Å²) in [6.45, 7) is 3.56. The van der Waals surface area contributed by atoms with Crippen molar-refractivity contribution in [2.75, 3.05) is 11.4 Å². The third kappa shape index (κ3) is 3.87. The molecule has 3 rings (SSSR count). The number of hydrogen-bond donors (Lipinski definition) is 0. The molecule has 1 atom stereocenters. The number of rotatable bonds is 6. The number of ether oxygens (including phenoxy) is 1. The summed E-state index contributed by atoms with van der Waals surface area (Å²) in [5.41, 5.74) is 1.84. The van der Waals surface area contributed by atoms with E-state index in [9.17, 15) is 12.8 Å². The zero-order valence-corrected chi connectivity index (χ0v) is 16.8. The smallest absolute Gasteiger partial charge is 0.265 e. The molecule has 0 saturated heterocycles. The van der Waals surface area contributed by atoms with Gasteiger partial charge >= 0.3 is 0 Å². The minimum Gasteiger partial charge on any atom is -0.497 e. The van der Waals surface area contributed by atoms with Gasteiger partial charge in [-0.3, -0.25) is 4.31 Å². The Kier molecular flexibility index (Phi) is 5.70. The van der Waals surface area contributed by atoms with Crippen LogP contribution in [0, 0.1) is 12.7 Å². The predicted octanol–water partition coefficient (Wildman–Crippen LogP) is 5.10. The molecule has 6 heteroatoms. The normalized spacial score (nSPS) is 12.4. The first-order chi connectivity index (χ1) is 13.3. The minimum absolute atomic E-state index is 0.222. The van der Waals surface area contributed by atoms with Gasteiger partial charge in [0, 0.05) is 0 Å². The Hall–Kier alpha value is -2.86. The summed E-state index contributed by atoms with van der Waals surface area (Å²) in [5, 5.41) is 0. The topological polar surface area (TPSA) is 46.6 Å². The maximum Gasteiger partial charge on any atom is 0.265 e. The highest BCUT2D eigenvalue weighted by atomic mass is 32.2. The Morgan fingerprint density at radius 1 is 0.929 bits per heavy atom. The zero-order chi connectivity index (χ0) is 20.3. The molecule has 0 aromatic heterocycles. The van der Waals surface area contributed by atoms with Crippen LogP contribution in [0.1, 0.15) is 24.1 Å². The summed E-state index contributed by atoms with van der Waals surface area (Å²) in [6, 6.07) is 19.0. The lowest BCUT2D eigenvalue weighted by Gasteiger charge is -2.31. The molecule has 0 heterocycles. The van der Waals surface area contributed by atoms with Crippen LogP contribution >= 0.6 is 0 Å². The molecule has 0 spiro atoms. The molecule has 0 saturated carbocycles. The number of halogens is 1. The molecule has 0 unspecified atom stereocenters. The number of sulfonamides is 1. The summed E-state index contributed by atoms with van der Waals surface area (Å²) in [6.07, 6.45) is 0. The number of anilines is 1. The van der Waals surface area contributed by atoms with Crippen LogP contribution < -0.4 is 9.04 Å². The van der Waals surface area contributed by atoms with Crippen molar-refractivity contribution in [3.8, 4) is 5.75 Å². The van der Waals surface area contributed by atoms with Crippen LogP contribution in [0.15, 0.2) is 77.7 Å². The standard InChI is InChI=1S/C22H22FNO3S/c1-16-6-4-5-7-22(16)28(25,26)24(20-12-10-19(23)11-13-20)17(2)18-8-14-21(27-3)15-9-18/h4-15,17H,1-3H3/t17-/m1/s1. The van der Waals surface area contributed by atoms with Crippen molar-refractivity contribution in [1.29, 1.82) is 0 Å². The highest BCUT2D eigenvalue weighted by Crippen LogP contribution is 2.34. The SMILES string of the molecule is COc1ccc([C@@H](C)N(c2ccc(F)cc2)S(=O)(=O)c2ccccc2C)cc1. The lowest BCUT2D eigenvalue weighted by atomic mass is 10.1. The second-order valence-electron chi connectivity index (χ2n) is 6.49. The average molecular weight is 399 g/mol. The van der Waals surface area contributed by atoms with E-state index in [4.69, 9.17) is 4.74 Å². The van der Waals surface area contributed by atoms with Crippen LogP contribution in [0.25, 0.3) is 0 Å². The fourth-order valence-electron chi connectivity index (χ4n) is 3.13. The third-order valence-electron chi connectivity index (χ3n) is 4.66. The van der Waals surface area contributed by atoms with Crippen LogP contribution in [-0.2, 0) is 10.0 Å². The van der Waals surface area contributed by atoms with Crippen LogP contribution in [0.3, 0.4) is 0 Å². The molecule has 0 N–H and O–H groups in total. The van der Waals surface area contributed by atoms with Gasteiger partial charge in [-0.15, -0.1) is 0 Å². The van der Waals surface area contributed by atoms with E-state index >= 15 is 0 Å². The van der Waals surface area contributed by atoms with Gasteiger partial charge in [-0.25, -0.2) is 12.8 Å². The fourth-order valence-corrected chi connectivity index (χ4v) is 5.00. The fraction of sp³-hybridized carbons (Fsp3) is 0.182. The second-order valence-corrected chi connectivity index (χ2v) is 8.28. The van der Waals surface area contributed by atoms with Gasteiger partial charge in [-0.05, 0) is 67.4 Å². The highest BCUT2D eigenvalue weighted by molar-refractivity contribution is 7.92. The molecular formula is C22H22FNO3S. The highest BCUT2D eigenvalue weighted by Gasteiger charge is 2.31. The van der Waals surface area contributed by atoms with E-state index in [0.717, 1.165) is 5.56 Å². The number of nitrogens with zero attached hydrogens (tertiary/aromatic N) is 1. The maximum absolute atomic E-state index is 13.6. The van der Waals surface area contributed by atoms with Crippen molar-refractivity contribution in [2.45, 2.75) is 24.8 Å². The summed E-state index contributed by atoms with van der Waals surface area (Å²) in [5.74, 6) is 0.264. The van der Waals surface area contributed by atoms with Gasteiger partial charge in [0.1, 0.15) is 11.6 Å². The number of methoxy groups -OCH3 is 1. The zero-order valence-electron chi connectivity index (χ0n) is 16.0. The summed E-state index contributed by atoms with van der Waals surface area (Å²) >= 11 is 0. The average Bonchev–Trinajstić information content (AvgIpc) is 2.69. The van der Waals surface area contributed by atoms with Crippen LogP contribution in [0.2, 0.25) is 0 Å². The van der Waals surface area contributed by atoms with Crippen molar-refractivity contribution in [3.63, 3.8) is 0 Å². The van der Waals surface area contributed by atoms with Gasteiger partial charge in [0.15, 0.2) is 0 Å². The molecule has 0 aliphatic rings. The van der Waals surface area contributed by atoms with E-state index in [-0.39, 0.29) is 4.90 Å². The van der Waals surface area contributed by atoms with Crippen molar-refractivity contribution in [3.05, 3.63) is 89.7 Å². The van der Waals surface area contributed by atoms with Crippen LogP contribution in [-0.4, -0.2) is 15.5 Å². The molecule has 0 aliphatic carbocycles. The molecule has 146 valence electrons. The van der Waals surface area contributed by atoms with Crippen LogP contribution in [0.5, 0.6) is 5.75 Å². The first-order valence-electron chi connectivity index (χ1n) is 8.84. The lowest BCUT2D eigenvalue weighted by Crippen LogP contribution is -2.34. The molecule has 0 amide bonds. The monoisotopic (exact) mass is 399 g/mol. The second kappa shape index (κ2) is 8.02. The van der Waals surface area contributed by atoms with Gasteiger partial charge in [0.2, 0.25) is 0 Å². The maximum atomic E-state index is 13.6. The molecule has 3 aromatic carbocycles. The van der Waals surface area contributed by atoms with E-state index < -0.39 is 21.9 Å². The number of hydrogen-bond acceptors (Lipinski definition) is 3. The molecule has 3 aromatic rings. The van der Waals surface area contributed by atoms with E-state index in [1.807, 2.05) is 12.1 Å². The quantitative estimate of drug-likeness (QED) is 0.579. The van der Waals surface area contributed by atoms with Crippen molar-refractivity contribution in [1.82, 2.24) is 0 Å². The Bertz CT molecular complexity index is 1050. The largest absolute Gasteiger partial charge is 0.497 e. The summed E-state index contributed by atoms with van der Waals surface area (Å²) in [4.78, 5) is 0.222. The van der Waals surface area contributed by atoms with Gasteiger partial charge in [0.25, 0.3) is 10.0 Å². The Balaban J connectivity index is 2.14. The Morgan fingerprint density at radius 3 is 2.11 bits per heavy atom. The Labute approximate surface area is 165 Å². The Morgan fingerprint density at radius 2 is 1.54 bits per heavy atom. The first kappa shape index (κ1) is 19.9. The van der Waals surface area contributed by atoms with Crippen molar-refractivity contribution >= 4 is 15.7 Å². The van der Waals surface area contributed by atoms with Crippen molar-refractivity contribution in [2.24, 2.45) is 0 Å². The van der Waals surface area contributed by atoms with E-state index in [0.29, 0.717) is 17.0 Å². The van der Waals surface area contributed by atoms with Gasteiger partial charge in [0.05, 0.1) is 23.7 Å². The van der Waals surface area contributed by atoms with E-state index in [1.165, 1.54) is 28.6 Å². The lowest BCUT2D eigenvalue weighted by molar-refractivity contribution is 0.414. The molecule has 4 nitrogen and oxygen atoms in total. The molecule has 28 heavy (non-hydrogen) atoms. The summed E-state index contributed by atoms with van der Waals surface area (Å²) < 4.78 is 47.1.